The van der Waals surface area contributed by atoms with Crippen LogP contribution in [0.3, 0.4) is 0 Å². The molecule has 0 fully saturated rings. The van der Waals surface area contributed by atoms with E-state index in [2.05, 4.69) is 15.9 Å². The minimum atomic E-state index is -0.248. The molecule has 1 atom stereocenters. The van der Waals surface area contributed by atoms with E-state index < -0.39 is 0 Å². The van der Waals surface area contributed by atoms with Crippen molar-refractivity contribution in [1.82, 2.24) is 0 Å². The quantitative estimate of drug-likeness (QED) is 0.872. The molecule has 0 aliphatic carbocycles. The first-order chi connectivity index (χ1) is 7.13. The molecule has 0 saturated carbocycles. The summed E-state index contributed by atoms with van der Waals surface area (Å²) in [6.45, 7) is 0.362. The summed E-state index contributed by atoms with van der Waals surface area (Å²) in [6, 6.07) is 3.41. The lowest BCUT2D eigenvalue weighted by Crippen LogP contribution is -2.21. The van der Waals surface area contributed by atoms with Gasteiger partial charge in [-0.1, -0.05) is 0 Å². The van der Waals surface area contributed by atoms with Crippen molar-refractivity contribution in [3.05, 3.63) is 22.2 Å². The van der Waals surface area contributed by atoms with Crippen LogP contribution in [0.1, 0.15) is 11.6 Å². The maximum absolute atomic E-state index is 5.87. The summed E-state index contributed by atoms with van der Waals surface area (Å²) in [5.41, 5.74) is 12.2. The molecule has 1 rings (SSSR count). The van der Waals surface area contributed by atoms with E-state index in [9.17, 15) is 0 Å². The fourth-order valence-electron chi connectivity index (χ4n) is 1.30. The van der Waals surface area contributed by atoms with Crippen LogP contribution in [-0.2, 0) is 0 Å². The van der Waals surface area contributed by atoms with E-state index in [0.29, 0.717) is 12.3 Å². The van der Waals surface area contributed by atoms with Gasteiger partial charge in [0.25, 0.3) is 0 Å². The maximum Gasteiger partial charge on any atom is 0.133 e. The molecule has 0 aliphatic rings. The van der Waals surface area contributed by atoms with Crippen LogP contribution in [0, 0.1) is 0 Å². The van der Waals surface area contributed by atoms with Crippen molar-refractivity contribution in [2.75, 3.05) is 20.8 Å². The lowest BCUT2D eigenvalue weighted by atomic mass is 10.1. The normalized spacial score (nSPS) is 12.3. The second-order valence-electron chi connectivity index (χ2n) is 3.07. The largest absolute Gasteiger partial charge is 0.496 e. The average molecular weight is 275 g/mol. The molecule has 0 radical (unpaired) electrons. The number of hydrogen-bond donors (Lipinski definition) is 2. The molecule has 0 aromatic heterocycles. The third-order valence-electron chi connectivity index (χ3n) is 2.16. The molecule has 0 saturated heterocycles. The van der Waals surface area contributed by atoms with E-state index in [0.717, 1.165) is 15.8 Å². The molecule has 0 heterocycles. The van der Waals surface area contributed by atoms with Crippen molar-refractivity contribution >= 4 is 15.9 Å². The van der Waals surface area contributed by atoms with Crippen LogP contribution in [0.4, 0.5) is 0 Å². The van der Waals surface area contributed by atoms with Gasteiger partial charge in [0.05, 0.1) is 18.7 Å². The van der Waals surface area contributed by atoms with Crippen molar-refractivity contribution in [2.24, 2.45) is 11.5 Å². The zero-order valence-corrected chi connectivity index (χ0v) is 10.4. The minimum Gasteiger partial charge on any atom is -0.496 e. The summed E-state index contributed by atoms with van der Waals surface area (Å²) in [5, 5.41) is 0. The van der Waals surface area contributed by atoms with Gasteiger partial charge in [-0.2, -0.15) is 0 Å². The van der Waals surface area contributed by atoms with E-state index in [1.165, 1.54) is 0 Å². The Balaban J connectivity index is 3.22. The highest BCUT2D eigenvalue weighted by Crippen LogP contribution is 2.34. The Kier molecular flexibility index (Phi) is 4.38. The Morgan fingerprint density at radius 1 is 1.27 bits per heavy atom. The molecule has 1 aromatic carbocycles. The van der Waals surface area contributed by atoms with Crippen LogP contribution in [0.25, 0.3) is 0 Å². The minimum absolute atomic E-state index is 0.248. The molecule has 0 aliphatic heterocycles. The zero-order chi connectivity index (χ0) is 11.4. The number of rotatable bonds is 4. The Hall–Kier alpha value is -0.780. The topological polar surface area (TPSA) is 70.5 Å². The smallest absolute Gasteiger partial charge is 0.133 e. The summed E-state index contributed by atoms with van der Waals surface area (Å²) in [4.78, 5) is 0. The molecule has 0 unspecified atom stereocenters. The lowest BCUT2D eigenvalue weighted by molar-refractivity contribution is 0.393. The molecule has 0 bridgehead atoms. The van der Waals surface area contributed by atoms with Crippen molar-refractivity contribution in [1.29, 1.82) is 0 Å². The van der Waals surface area contributed by atoms with Gasteiger partial charge in [-0.05, 0) is 28.1 Å². The number of methoxy groups -OCH3 is 2. The van der Waals surface area contributed by atoms with Crippen molar-refractivity contribution in [3.8, 4) is 11.5 Å². The number of hydrogen-bond acceptors (Lipinski definition) is 4. The number of halogens is 1. The molecule has 0 spiro atoms. The second-order valence-corrected chi connectivity index (χ2v) is 3.93. The highest BCUT2D eigenvalue weighted by molar-refractivity contribution is 9.10. The summed E-state index contributed by atoms with van der Waals surface area (Å²) in [7, 11) is 3.20. The third-order valence-corrected chi connectivity index (χ3v) is 2.78. The first kappa shape index (κ1) is 12.3. The SMILES string of the molecule is COc1cc([C@@H](N)CN)c(OC)cc1Br. The van der Waals surface area contributed by atoms with Crippen LogP contribution >= 0.6 is 15.9 Å². The molecule has 15 heavy (non-hydrogen) atoms. The van der Waals surface area contributed by atoms with Crippen molar-refractivity contribution in [3.63, 3.8) is 0 Å². The van der Waals surface area contributed by atoms with E-state index in [1.54, 1.807) is 14.2 Å². The maximum atomic E-state index is 5.87. The van der Waals surface area contributed by atoms with Gasteiger partial charge in [-0.25, -0.2) is 0 Å². The molecule has 5 heteroatoms. The van der Waals surface area contributed by atoms with Crippen molar-refractivity contribution in [2.45, 2.75) is 6.04 Å². The van der Waals surface area contributed by atoms with Gasteiger partial charge in [-0.15, -0.1) is 0 Å². The lowest BCUT2D eigenvalue weighted by Gasteiger charge is -2.16. The summed E-state index contributed by atoms with van der Waals surface area (Å²) >= 11 is 3.38. The zero-order valence-electron chi connectivity index (χ0n) is 8.79. The standard InChI is InChI=1S/C10H15BrN2O2/c1-14-9-4-7(11)10(15-2)3-6(9)8(13)5-12/h3-4,8H,5,12-13H2,1-2H3/t8-/m0/s1. The monoisotopic (exact) mass is 274 g/mol. The number of nitrogens with two attached hydrogens (primary N) is 2. The number of ether oxygens (including phenoxy) is 2. The van der Waals surface area contributed by atoms with Crippen LogP contribution < -0.4 is 20.9 Å². The summed E-state index contributed by atoms with van der Waals surface area (Å²) < 4.78 is 11.2. The number of benzene rings is 1. The predicted molar refractivity (Wildman–Crippen MR) is 63.2 cm³/mol. The van der Waals surface area contributed by atoms with Crippen molar-refractivity contribution < 1.29 is 9.47 Å². The third kappa shape index (κ3) is 2.62. The Bertz CT molecular complexity index is 344. The van der Waals surface area contributed by atoms with Gasteiger partial charge in [0.1, 0.15) is 11.5 Å². The highest BCUT2D eigenvalue weighted by Gasteiger charge is 2.14. The van der Waals surface area contributed by atoms with Gasteiger partial charge in [0.2, 0.25) is 0 Å². The molecule has 0 amide bonds. The second kappa shape index (κ2) is 5.34. The Labute approximate surface area is 97.7 Å². The molecule has 1 aromatic rings. The average Bonchev–Trinajstić information content (AvgIpc) is 2.27. The Morgan fingerprint density at radius 3 is 2.33 bits per heavy atom. The van der Waals surface area contributed by atoms with Crippen LogP contribution in [0.5, 0.6) is 11.5 Å². The van der Waals surface area contributed by atoms with Crippen LogP contribution in [0.15, 0.2) is 16.6 Å². The summed E-state index contributed by atoms with van der Waals surface area (Å²) in [6.07, 6.45) is 0. The molecular weight excluding hydrogens is 260 g/mol. The van der Waals surface area contributed by atoms with E-state index in [-0.39, 0.29) is 6.04 Å². The molecule has 84 valence electrons. The Morgan fingerprint density at radius 2 is 1.87 bits per heavy atom. The molecule has 4 N–H and O–H groups in total. The van der Waals surface area contributed by atoms with Crippen LogP contribution in [-0.4, -0.2) is 20.8 Å². The first-order valence-electron chi connectivity index (χ1n) is 4.51. The van der Waals surface area contributed by atoms with Gasteiger partial charge in [0, 0.05) is 18.2 Å². The van der Waals surface area contributed by atoms with Crippen LogP contribution in [0.2, 0.25) is 0 Å². The van der Waals surface area contributed by atoms with Gasteiger partial charge < -0.3 is 20.9 Å². The van der Waals surface area contributed by atoms with Gasteiger partial charge in [-0.3, -0.25) is 0 Å². The predicted octanol–water partition coefficient (Wildman–Crippen LogP) is 1.42. The van der Waals surface area contributed by atoms with Gasteiger partial charge >= 0.3 is 0 Å². The van der Waals surface area contributed by atoms with Gasteiger partial charge in [0.15, 0.2) is 0 Å². The summed E-state index contributed by atoms with van der Waals surface area (Å²) in [5.74, 6) is 1.43. The first-order valence-corrected chi connectivity index (χ1v) is 5.30. The van der Waals surface area contributed by atoms with E-state index >= 15 is 0 Å². The fraction of sp³-hybridized carbons (Fsp3) is 0.400. The fourth-order valence-corrected chi connectivity index (χ4v) is 1.79. The molecular formula is C10H15BrN2O2. The van der Waals surface area contributed by atoms with E-state index in [1.807, 2.05) is 12.1 Å². The molecule has 4 nitrogen and oxygen atoms in total. The van der Waals surface area contributed by atoms with E-state index in [4.69, 9.17) is 20.9 Å². The highest BCUT2D eigenvalue weighted by atomic mass is 79.9.